The van der Waals surface area contributed by atoms with Crippen LogP contribution in [-0.2, 0) is 20.8 Å². The number of methoxy groups -OCH3 is 1. The third-order valence-corrected chi connectivity index (χ3v) is 5.16. The second-order valence-electron chi connectivity index (χ2n) is 4.96. The number of halogens is 1. The quantitative estimate of drug-likeness (QED) is 0.219. The Bertz CT molecular complexity index is 470. The Morgan fingerprint density at radius 3 is 2.52 bits per heavy atom. The van der Waals surface area contributed by atoms with Gasteiger partial charge in [-0.3, -0.25) is 0 Å². The van der Waals surface area contributed by atoms with E-state index < -0.39 is 5.97 Å². The highest BCUT2D eigenvalue weighted by molar-refractivity contribution is 14.1. The monoisotopic (exact) mass is 403 g/mol. The van der Waals surface area contributed by atoms with Gasteiger partial charge >= 0.3 is 5.97 Å². The molecular weight excluding hydrogens is 381 g/mol. The first-order valence-electron chi connectivity index (χ1n) is 6.91. The molecule has 0 aliphatic carbocycles. The van der Waals surface area contributed by atoms with E-state index in [1.807, 2.05) is 25.1 Å². The summed E-state index contributed by atoms with van der Waals surface area (Å²) in [5, 5.41) is 4.13. The number of rotatable bonds is 8. The molecule has 0 fully saturated rings. The molecule has 1 rings (SSSR count). The van der Waals surface area contributed by atoms with Gasteiger partial charge in [-0.25, -0.2) is 4.79 Å². The molecule has 0 spiro atoms. The molecule has 1 aromatic rings. The number of ether oxygens (including phenoxy) is 1. The molecule has 1 aromatic carbocycles. The Hall–Kier alpha value is -1.11. The van der Waals surface area contributed by atoms with Gasteiger partial charge in [0, 0.05) is 9.84 Å². The molecule has 4 nitrogen and oxygen atoms in total. The van der Waals surface area contributed by atoms with Gasteiger partial charge in [-0.2, -0.15) is 0 Å². The SMILES string of the molecule is CCC(CI)(Cc1ccccc1)/C(C)=N\OCC(=O)OC. The molecule has 1 unspecified atom stereocenters. The Morgan fingerprint density at radius 2 is 2.00 bits per heavy atom. The average molecular weight is 403 g/mol. The third kappa shape index (κ3) is 5.30. The van der Waals surface area contributed by atoms with E-state index in [-0.39, 0.29) is 12.0 Å². The van der Waals surface area contributed by atoms with Gasteiger partial charge in [-0.15, -0.1) is 0 Å². The molecule has 0 N–H and O–H groups in total. The predicted molar refractivity (Wildman–Crippen MR) is 92.8 cm³/mol. The van der Waals surface area contributed by atoms with E-state index in [0.29, 0.717) is 0 Å². The van der Waals surface area contributed by atoms with Crippen LogP contribution in [0.2, 0.25) is 0 Å². The fourth-order valence-electron chi connectivity index (χ4n) is 2.07. The van der Waals surface area contributed by atoms with Crippen molar-refractivity contribution in [2.24, 2.45) is 10.6 Å². The van der Waals surface area contributed by atoms with Crippen LogP contribution < -0.4 is 0 Å². The summed E-state index contributed by atoms with van der Waals surface area (Å²) in [6, 6.07) is 10.4. The second kappa shape index (κ2) is 9.02. The van der Waals surface area contributed by atoms with Gasteiger partial charge in [0.1, 0.15) is 0 Å². The van der Waals surface area contributed by atoms with Crippen LogP contribution in [0.3, 0.4) is 0 Å². The van der Waals surface area contributed by atoms with E-state index in [1.54, 1.807) is 0 Å². The molecule has 0 saturated heterocycles. The summed E-state index contributed by atoms with van der Waals surface area (Å²) < 4.78 is 5.47. The molecule has 0 heterocycles. The fourth-order valence-corrected chi connectivity index (χ4v) is 3.43. The van der Waals surface area contributed by atoms with Gasteiger partial charge in [0.25, 0.3) is 0 Å². The number of esters is 1. The number of benzene rings is 1. The zero-order valence-corrected chi connectivity index (χ0v) is 14.9. The lowest BCUT2D eigenvalue weighted by Gasteiger charge is -2.30. The normalized spacial score (nSPS) is 14.4. The molecule has 116 valence electrons. The predicted octanol–water partition coefficient (Wildman–Crippen LogP) is 3.63. The number of carbonyl (C=O) groups is 1. The smallest absolute Gasteiger partial charge is 0.346 e. The number of alkyl halides is 1. The summed E-state index contributed by atoms with van der Waals surface area (Å²) in [5.74, 6) is -0.425. The van der Waals surface area contributed by atoms with Crippen molar-refractivity contribution in [3.05, 3.63) is 35.9 Å². The Kier molecular flexibility index (Phi) is 7.71. The van der Waals surface area contributed by atoms with Crippen LogP contribution in [0.5, 0.6) is 0 Å². The van der Waals surface area contributed by atoms with Crippen LogP contribution in [0, 0.1) is 5.41 Å². The summed E-state index contributed by atoms with van der Waals surface area (Å²) in [7, 11) is 1.33. The number of hydrogen-bond acceptors (Lipinski definition) is 4. The van der Waals surface area contributed by atoms with Crippen LogP contribution in [0.4, 0.5) is 0 Å². The summed E-state index contributed by atoms with van der Waals surface area (Å²) in [4.78, 5) is 16.2. The minimum absolute atomic E-state index is 0.0575. The second-order valence-corrected chi connectivity index (χ2v) is 5.72. The fraction of sp³-hybridized carbons (Fsp3) is 0.500. The van der Waals surface area contributed by atoms with E-state index in [4.69, 9.17) is 4.84 Å². The van der Waals surface area contributed by atoms with Crippen molar-refractivity contribution in [3.8, 4) is 0 Å². The van der Waals surface area contributed by atoms with Crippen molar-refractivity contribution in [1.82, 2.24) is 0 Å². The Morgan fingerprint density at radius 1 is 1.33 bits per heavy atom. The molecule has 0 saturated carbocycles. The molecule has 0 aromatic heterocycles. The zero-order valence-electron chi connectivity index (χ0n) is 12.8. The highest BCUT2D eigenvalue weighted by Crippen LogP contribution is 2.31. The van der Waals surface area contributed by atoms with Gasteiger partial charge in [-0.1, -0.05) is 65.0 Å². The topological polar surface area (TPSA) is 47.9 Å². The van der Waals surface area contributed by atoms with Crippen molar-refractivity contribution < 1.29 is 14.4 Å². The van der Waals surface area contributed by atoms with Crippen LogP contribution >= 0.6 is 22.6 Å². The zero-order chi connectivity index (χ0) is 15.7. The maximum atomic E-state index is 11.1. The lowest BCUT2D eigenvalue weighted by atomic mass is 9.77. The first-order valence-corrected chi connectivity index (χ1v) is 8.44. The molecule has 0 amide bonds. The molecular formula is C16H22INO3. The van der Waals surface area contributed by atoms with Gasteiger partial charge < -0.3 is 9.57 Å². The first kappa shape index (κ1) is 17.9. The van der Waals surface area contributed by atoms with E-state index in [2.05, 4.69) is 51.5 Å². The van der Waals surface area contributed by atoms with E-state index >= 15 is 0 Å². The van der Waals surface area contributed by atoms with Crippen molar-refractivity contribution >= 4 is 34.3 Å². The minimum Gasteiger partial charge on any atom is -0.466 e. The van der Waals surface area contributed by atoms with Crippen molar-refractivity contribution in [2.45, 2.75) is 26.7 Å². The average Bonchev–Trinajstić information content (AvgIpc) is 2.53. The van der Waals surface area contributed by atoms with E-state index in [0.717, 1.165) is 23.0 Å². The molecule has 21 heavy (non-hydrogen) atoms. The molecule has 0 radical (unpaired) electrons. The minimum atomic E-state index is -0.425. The van der Waals surface area contributed by atoms with Crippen LogP contribution in [-0.4, -0.2) is 29.8 Å². The number of oxime groups is 1. The van der Waals surface area contributed by atoms with Crippen molar-refractivity contribution in [2.75, 3.05) is 18.1 Å². The van der Waals surface area contributed by atoms with Gasteiger partial charge in [0.05, 0.1) is 12.8 Å². The molecule has 0 aliphatic rings. The molecule has 5 heteroatoms. The van der Waals surface area contributed by atoms with Crippen LogP contribution in [0.25, 0.3) is 0 Å². The van der Waals surface area contributed by atoms with E-state index in [1.165, 1.54) is 12.7 Å². The van der Waals surface area contributed by atoms with Gasteiger partial charge in [0.2, 0.25) is 6.61 Å². The number of nitrogens with zero attached hydrogens (tertiary/aromatic N) is 1. The molecule has 0 aliphatic heterocycles. The number of hydrogen-bond donors (Lipinski definition) is 0. The highest BCUT2D eigenvalue weighted by atomic mass is 127. The summed E-state index contributed by atoms with van der Waals surface area (Å²) in [6.07, 6.45) is 1.87. The maximum absolute atomic E-state index is 11.1. The highest BCUT2D eigenvalue weighted by Gasteiger charge is 2.31. The van der Waals surface area contributed by atoms with Gasteiger partial charge in [0.15, 0.2) is 0 Å². The number of carbonyl (C=O) groups excluding carboxylic acids is 1. The lowest BCUT2D eigenvalue weighted by molar-refractivity contribution is -0.145. The third-order valence-electron chi connectivity index (χ3n) is 3.70. The lowest BCUT2D eigenvalue weighted by Crippen LogP contribution is -2.33. The van der Waals surface area contributed by atoms with Crippen LogP contribution in [0.15, 0.2) is 35.5 Å². The van der Waals surface area contributed by atoms with Crippen LogP contribution in [0.1, 0.15) is 25.8 Å². The summed E-state index contributed by atoms with van der Waals surface area (Å²) >= 11 is 2.39. The Balaban J connectivity index is 2.83. The Labute approximate surface area is 140 Å². The summed E-state index contributed by atoms with van der Waals surface area (Å²) in [5.41, 5.74) is 2.13. The van der Waals surface area contributed by atoms with Crippen molar-refractivity contribution in [3.63, 3.8) is 0 Å². The standard InChI is InChI=1S/C16H22INO3/c1-4-16(12-17,10-14-8-6-5-7-9-14)13(2)18-21-11-15(19)20-3/h5-9H,4,10-12H2,1-3H3/b18-13-. The van der Waals surface area contributed by atoms with Gasteiger partial charge in [-0.05, 0) is 25.3 Å². The van der Waals surface area contributed by atoms with Crippen molar-refractivity contribution in [1.29, 1.82) is 0 Å². The molecule has 1 atom stereocenters. The van der Waals surface area contributed by atoms with E-state index in [9.17, 15) is 4.79 Å². The largest absolute Gasteiger partial charge is 0.466 e. The summed E-state index contributed by atoms with van der Waals surface area (Å²) in [6.45, 7) is 3.96. The first-order chi connectivity index (χ1) is 10.1. The molecule has 0 bridgehead atoms. The maximum Gasteiger partial charge on any atom is 0.346 e.